The van der Waals surface area contributed by atoms with Crippen molar-refractivity contribution in [3.63, 3.8) is 0 Å². The van der Waals surface area contributed by atoms with Crippen LogP contribution in [-0.2, 0) is 32.6 Å². The molecule has 0 bridgehead atoms. The van der Waals surface area contributed by atoms with E-state index in [9.17, 15) is 27.2 Å². The van der Waals surface area contributed by atoms with Gasteiger partial charge in [-0.25, -0.2) is 17.1 Å². The second kappa shape index (κ2) is 13.1. The first-order valence-electron chi connectivity index (χ1n) is 13.6. The molecule has 0 fully saturated rings. The van der Waals surface area contributed by atoms with E-state index < -0.39 is 33.7 Å². The lowest BCUT2D eigenvalue weighted by molar-refractivity contribution is -0.141. The van der Waals surface area contributed by atoms with Gasteiger partial charge in [-0.15, -0.1) is 0 Å². The summed E-state index contributed by atoms with van der Waals surface area (Å²) in [5.41, 5.74) is 1.18. The standard InChI is InChI=1S/C31H34FN3O5S/c1-22(2)20-33-30(37)27(19-23-11-4-3-5-12-23)34(21-24-13-6-8-15-26(24)32)29(36)17-10-18-35-31(38)25-14-7-9-16-28(25)41(35,39)40/h3-9,11-16,22,27H,10,17-21H2,1-2H3,(H,33,37)/t27-/m0/s1. The summed E-state index contributed by atoms with van der Waals surface area (Å²) in [5.74, 6) is -1.77. The first kappa shape index (κ1) is 29.9. The molecule has 10 heteroatoms. The van der Waals surface area contributed by atoms with Gasteiger partial charge in [0.15, 0.2) is 0 Å². The van der Waals surface area contributed by atoms with Crippen LogP contribution in [0, 0.1) is 11.7 Å². The highest BCUT2D eigenvalue weighted by Gasteiger charge is 2.40. The van der Waals surface area contributed by atoms with Gasteiger partial charge in [0, 0.05) is 38.0 Å². The van der Waals surface area contributed by atoms with E-state index in [0.29, 0.717) is 6.54 Å². The van der Waals surface area contributed by atoms with Gasteiger partial charge in [0.05, 0.1) is 5.56 Å². The van der Waals surface area contributed by atoms with Crippen molar-refractivity contribution in [1.29, 1.82) is 0 Å². The average Bonchev–Trinajstić information content (AvgIpc) is 3.15. The van der Waals surface area contributed by atoms with Crippen LogP contribution in [-0.4, -0.2) is 54.5 Å². The van der Waals surface area contributed by atoms with E-state index in [4.69, 9.17) is 0 Å². The topological polar surface area (TPSA) is 104 Å². The van der Waals surface area contributed by atoms with Crippen molar-refractivity contribution < 1.29 is 27.2 Å². The lowest BCUT2D eigenvalue weighted by Gasteiger charge is -2.32. The first-order valence-corrected chi connectivity index (χ1v) is 15.0. The van der Waals surface area contributed by atoms with Crippen LogP contribution in [0.2, 0.25) is 0 Å². The number of benzene rings is 3. The Morgan fingerprint density at radius 2 is 1.61 bits per heavy atom. The van der Waals surface area contributed by atoms with Crippen LogP contribution in [0.3, 0.4) is 0 Å². The SMILES string of the molecule is CC(C)CNC(=O)[C@H](Cc1ccccc1)N(Cc1ccccc1F)C(=O)CCCN1C(=O)c2ccccc2S1(=O)=O. The molecular weight excluding hydrogens is 545 g/mol. The Morgan fingerprint density at radius 1 is 0.951 bits per heavy atom. The minimum absolute atomic E-state index is 0.0389. The minimum atomic E-state index is -4.01. The Hall–Kier alpha value is -4.05. The van der Waals surface area contributed by atoms with Gasteiger partial charge in [-0.2, -0.15) is 0 Å². The normalized spacial score (nSPS) is 14.5. The number of nitrogens with one attached hydrogen (secondary N) is 1. The predicted molar refractivity (Wildman–Crippen MR) is 153 cm³/mol. The van der Waals surface area contributed by atoms with E-state index >= 15 is 0 Å². The second-order valence-corrected chi connectivity index (χ2v) is 12.3. The molecule has 3 aromatic carbocycles. The molecule has 8 nitrogen and oxygen atoms in total. The molecule has 216 valence electrons. The van der Waals surface area contributed by atoms with Crippen LogP contribution in [0.1, 0.15) is 48.2 Å². The van der Waals surface area contributed by atoms with Crippen molar-refractivity contribution in [2.75, 3.05) is 13.1 Å². The van der Waals surface area contributed by atoms with Crippen LogP contribution in [0.5, 0.6) is 0 Å². The van der Waals surface area contributed by atoms with E-state index in [0.717, 1.165) is 9.87 Å². The fourth-order valence-corrected chi connectivity index (χ4v) is 6.36. The Morgan fingerprint density at radius 3 is 2.29 bits per heavy atom. The van der Waals surface area contributed by atoms with Crippen LogP contribution >= 0.6 is 0 Å². The number of hydrogen-bond acceptors (Lipinski definition) is 5. The summed E-state index contributed by atoms with van der Waals surface area (Å²) < 4.78 is 41.4. The maximum atomic E-state index is 14.7. The number of fused-ring (bicyclic) bond motifs is 1. The van der Waals surface area contributed by atoms with E-state index in [2.05, 4.69) is 5.32 Å². The lowest BCUT2D eigenvalue weighted by Crippen LogP contribution is -2.51. The molecule has 3 amide bonds. The summed E-state index contributed by atoms with van der Waals surface area (Å²) in [6, 6.07) is 20.4. The number of carbonyl (C=O) groups is 3. The Labute approximate surface area is 240 Å². The molecule has 41 heavy (non-hydrogen) atoms. The van der Waals surface area contributed by atoms with Gasteiger partial charge in [-0.1, -0.05) is 74.5 Å². The third-order valence-electron chi connectivity index (χ3n) is 6.92. The van der Waals surface area contributed by atoms with Gasteiger partial charge in [-0.05, 0) is 36.1 Å². The maximum absolute atomic E-state index is 14.7. The molecule has 1 aliphatic heterocycles. The zero-order chi connectivity index (χ0) is 29.6. The number of sulfonamides is 1. The number of rotatable bonds is 12. The molecule has 3 aromatic rings. The van der Waals surface area contributed by atoms with Crippen molar-refractivity contribution in [3.8, 4) is 0 Å². The fraction of sp³-hybridized carbons (Fsp3) is 0.323. The zero-order valence-electron chi connectivity index (χ0n) is 23.1. The van der Waals surface area contributed by atoms with E-state index in [1.807, 2.05) is 44.2 Å². The van der Waals surface area contributed by atoms with E-state index in [1.165, 1.54) is 23.1 Å². The van der Waals surface area contributed by atoms with Gasteiger partial charge in [-0.3, -0.25) is 14.4 Å². The summed E-state index contributed by atoms with van der Waals surface area (Å²) in [4.78, 5) is 41.3. The molecule has 4 rings (SSSR count). The molecule has 0 unspecified atom stereocenters. The van der Waals surface area contributed by atoms with Crippen molar-refractivity contribution in [2.24, 2.45) is 5.92 Å². The number of halogens is 1. The summed E-state index contributed by atoms with van der Waals surface area (Å²) in [5, 5.41) is 2.91. The Bertz CT molecular complexity index is 1510. The molecule has 0 saturated heterocycles. The minimum Gasteiger partial charge on any atom is -0.354 e. The lowest BCUT2D eigenvalue weighted by atomic mass is 10.0. The molecule has 1 aliphatic rings. The van der Waals surface area contributed by atoms with Crippen LogP contribution in [0.15, 0.2) is 83.8 Å². The van der Waals surface area contributed by atoms with Crippen molar-refractivity contribution in [3.05, 3.63) is 101 Å². The van der Waals surface area contributed by atoms with Crippen molar-refractivity contribution in [2.45, 2.75) is 50.6 Å². The molecule has 1 atom stereocenters. The zero-order valence-corrected chi connectivity index (χ0v) is 23.9. The number of hydrogen-bond donors (Lipinski definition) is 1. The molecule has 1 heterocycles. The van der Waals surface area contributed by atoms with Crippen LogP contribution in [0.25, 0.3) is 0 Å². The predicted octanol–water partition coefficient (Wildman–Crippen LogP) is 4.16. The average molecular weight is 580 g/mol. The van der Waals surface area contributed by atoms with Gasteiger partial charge in [0.2, 0.25) is 11.8 Å². The van der Waals surface area contributed by atoms with Gasteiger partial charge in [0.1, 0.15) is 16.8 Å². The molecule has 0 aliphatic carbocycles. The second-order valence-electron chi connectivity index (χ2n) is 10.4. The summed E-state index contributed by atoms with van der Waals surface area (Å²) in [6.07, 6.45) is 0.101. The molecule has 0 saturated carbocycles. The monoisotopic (exact) mass is 579 g/mol. The van der Waals surface area contributed by atoms with Crippen molar-refractivity contribution >= 4 is 27.7 Å². The third kappa shape index (κ3) is 7.00. The summed E-state index contributed by atoms with van der Waals surface area (Å²) in [6.45, 7) is 3.98. The highest BCUT2D eigenvalue weighted by Crippen LogP contribution is 2.30. The number of nitrogens with zero attached hydrogens (tertiary/aromatic N) is 2. The van der Waals surface area contributed by atoms with E-state index in [-0.39, 0.29) is 60.2 Å². The molecule has 1 N–H and O–H groups in total. The van der Waals surface area contributed by atoms with E-state index in [1.54, 1.807) is 30.3 Å². The van der Waals surface area contributed by atoms with Crippen LogP contribution in [0.4, 0.5) is 4.39 Å². The molecular formula is C31H34FN3O5S. The smallest absolute Gasteiger partial charge is 0.269 e. The summed E-state index contributed by atoms with van der Waals surface area (Å²) in [7, 11) is -4.01. The number of carbonyl (C=O) groups excluding carboxylic acids is 3. The molecule has 0 radical (unpaired) electrons. The number of amides is 3. The van der Waals surface area contributed by atoms with Gasteiger partial charge >= 0.3 is 0 Å². The molecule has 0 aromatic heterocycles. The largest absolute Gasteiger partial charge is 0.354 e. The van der Waals surface area contributed by atoms with Gasteiger partial charge in [0.25, 0.3) is 15.9 Å². The highest BCUT2D eigenvalue weighted by atomic mass is 32.2. The molecule has 0 spiro atoms. The summed E-state index contributed by atoms with van der Waals surface area (Å²) >= 11 is 0. The first-order chi connectivity index (χ1) is 19.6. The van der Waals surface area contributed by atoms with Crippen molar-refractivity contribution in [1.82, 2.24) is 14.5 Å². The fourth-order valence-electron chi connectivity index (χ4n) is 4.76. The maximum Gasteiger partial charge on any atom is 0.269 e. The highest BCUT2D eigenvalue weighted by molar-refractivity contribution is 7.90. The third-order valence-corrected chi connectivity index (χ3v) is 8.76. The van der Waals surface area contributed by atoms with Gasteiger partial charge < -0.3 is 10.2 Å². The Kier molecular flexibility index (Phi) is 9.54. The van der Waals surface area contributed by atoms with Crippen LogP contribution < -0.4 is 5.32 Å². The Balaban J connectivity index is 1.57. The quantitative estimate of drug-likeness (QED) is 0.347.